The Morgan fingerprint density at radius 1 is 1.58 bits per heavy atom. The number of nitrogens with two attached hydrogens (primary N) is 1. The molecule has 4 heteroatoms. The number of ether oxygens (including phenoxy) is 1. The molecule has 2 nitrogen and oxygen atoms in total. The number of benzene rings is 1. The molecule has 0 saturated carbocycles. The molecular weight excluding hydrogens is 225 g/mol. The maximum Gasteiger partial charge on any atom is 0.152 e. The molecule has 0 aromatic heterocycles. The standard InChI is InChI=1S/C8H9BrFNO/c1-4-7(10)6(11)3-5(9)8(4)12-2/h3H,11H2,1-2H3. The Morgan fingerprint density at radius 2 is 2.17 bits per heavy atom. The molecule has 0 aliphatic heterocycles. The SMILES string of the molecule is COc1c(Br)cc(N)c(F)c1C. The molecule has 0 bridgehead atoms. The molecule has 1 rings (SSSR count). The van der Waals surface area contributed by atoms with Gasteiger partial charge >= 0.3 is 0 Å². The van der Waals surface area contributed by atoms with Gasteiger partial charge in [0.1, 0.15) is 5.75 Å². The molecule has 0 aliphatic carbocycles. The van der Waals surface area contributed by atoms with Crippen LogP contribution < -0.4 is 10.5 Å². The topological polar surface area (TPSA) is 35.2 Å². The Bertz CT molecular complexity index is 314. The van der Waals surface area contributed by atoms with Crippen LogP contribution in [0.15, 0.2) is 10.5 Å². The van der Waals surface area contributed by atoms with E-state index in [-0.39, 0.29) is 5.69 Å². The zero-order valence-corrected chi connectivity index (χ0v) is 8.40. The molecule has 0 unspecified atom stereocenters. The van der Waals surface area contributed by atoms with E-state index >= 15 is 0 Å². The van der Waals surface area contributed by atoms with Gasteiger partial charge in [-0.15, -0.1) is 0 Å². The lowest BCUT2D eigenvalue weighted by Gasteiger charge is -2.09. The fourth-order valence-corrected chi connectivity index (χ4v) is 1.72. The molecule has 0 spiro atoms. The zero-order valence-electron chi connectivity index (χ0n) is 6.82. The van der Waals surface area contributed by atoms with Gasteiger partial charge in [0.05, 0.1) is 17.3 Å². The minimum atomic E-state index is -0.421. The van der Waals surface area contributed by atoms with E-state index in [1.165, 1.54) is 13.2 Å². The normalized spacial score (nSPS) is 10.0. The van der Waals surface area contributed by atoms with Crippen LogP contribution in [0.4, 0.5) is 10.1 Å². The van der Waals surface area contributed by atoms with Crippen LogP contribution in [0.3, 0.4) is 0 Å². The van der Waals surface area contributed by atoms with E-state index in [4.69, 9.17) is 10.5 Å². The molecule has 1 aromatic carbocycles. The highest BCUT2D eigenvalue weighted by Crippen LogP contribution is 2.33. The van der Waals surface area contributed by atoms with Crippen LogP contribution in [0.25, 0.3) is 0 Å². The Hall–Kier alpha value is -0.770. The first-order valence-corrected chi connectivity index (χ1v) is 4.15. The lowest BCUT2D eigenvalue weighted by atomic mass is 10.2. The molecule has 66 valence electrons. The van der Waals surface area contributed by atoms with Crippen LogP contribution in [-0.2, 0) is 0 Å². The van der Waals surface area contributed by atoms with Crippen LogP contribution in [0.5, 0.6) is 5.75 Å². The summed E-state index contributed by atoms with van der Waals surface area (Å²) in [6.07, 6.45) is 0. The predicted molar refractivity (Wildman–Crippen MR) is 49.8 cm³/mol. The molecule has 12 heavy (non-hydrogen) atoms. The smallest absolute Gasteiger partial charge is 0.152 e. The summed E-state index contributed by atoms with van der Waals surface area (Å²) in [6.45, 7) is 1.62. The Kier molecular flexibility index (Phi) is 2.57. The van der Waals surface area contributed by atoms with E-state index in [2.05, 4.69) is 15.9 Å². The summed E-state index contributed by atoms with van der Waals surface area (Å²) < 4.78 is 18.8. The molecule has 0 aliphatic rings. The van der Waals surface area contributed by atoms with Crippen LogP contribution in [-0.4, -0.2) is 7.11 Å². The van der Waals surface area contributed by atoms with Gasteiger partial charge in [0, 0.05) is 5.56 Å². The second kappa shape index (κ2) is 3.31. The fraction of sp³-hybridized carbons (Fsp3) is 0.250. The number of methoxy groups -OCH3 is 1. The van der Waals surface area contributed by atoms with Crippen LogP contribution in [0.2, 0.25) is 0 Å². The largest absolute Gasteiger partial charge is 0.495 e. The van der Waals surface area contributed by atoms with Gasteiger partial charge in [0.15, 0.2) is 5.82 Å². The molecule has 0 atom stereocenters. The number of anilines is 1. The summed E-state index contributed by atoms with van der Waals surface area (Å²) in [6, 6.07) is 1.49. The van der Waals surface area contributed by atoms with Crippen molar-refractivity contribution in [3.8, 4) is 5.75 Å². The second-order valence-electron chi connectivity index (χ2n) is 2.42. The van der Waals surface area contributed by atoms with Crippen LogP contribution in [0.1, 0.15) is 5.56 Å². The third-order valence-electron chi connectivity index (χ3n) is 1.63. The third kappa shape index (κ3) is 1.39. The minimum absolute atomic E-state index is 0.125. The summed E-state index contributed by atoms with van der Waals surface area (Å²) >= 11 is 3.22. The van der Waals surface area contributed by atoms with Gasteiger partial charge in [-0.05, 0) is 28.9 Å². The van der Waals surface area contributed by atoms with E-state index in [0.717, 1.165) is 0 Å². The average molecular weight is 234 g/mol. The Balaban J connectivity index is 3.40. The van der Waals surface area contributed by atoms with E-state index in [0.29, 0.717) is 15.8 Å². The molecule has 2 N–H and O–H groups in total. The Morgan fingerprint density at radius 3 is 2.67 bits per heavy atom. The van der Waals surface area contributed by atoms with Gasteiger partial charge < -0.3 is 10.5 Å². The third-order valence-corrected chi connectivity index (χ3v) is 2.22. The number of nitrogen functional groups attached to an aromatic ring is 1. The summed E-state index contributed by atoms with van der Waals surface area (Å²) in [5, 5.41) is 0. The lowest BCUT2D eigenvalue weighted by Crippen LogP contribution is -1.97. The molecule has 0 heterocycles. The highest BCUT2D eigenvalue weighted by molar-refractivity contribution is 9.10. The summed E-state index contributed by atoms with van der Waals surface area (Å²) in [5.41, 5.74) is 5.93. The van der Waals surface area contributed by atoms with Crippen molar-refractivity contribution in [1.82, 2.24) is 0 Å². The predicted octanol–water partition coefficient (Wildman–Crippen LogP) is 2.49. The van der Waals surface area contributed by atoms with Gasteiger partial charge in [-0.1, -0.05) is 0 Å². The maximum atomic E-state index is 13.1. The first-order valence-electron chi connectivity index (χ1n) is 3.36. The van der Waals surface area contributed by atoms with E-state index in [1.54, 1.807) is 6.92 Å². The first kappa shape index (κ1) is 9.32. The van der Waals surface area contributed by atoms with E-state index in [1.807, 2.05) is 0 Å². The summed E-state index contributed by atoms with van der Waals surface area (Å²) in [7, 11) is 1.49. The summed E-state index contributed by atoms with van der Waals surface area (Å²) in [5.74, 6) is 0.0664. The lowest BCUT2D eigenvalue weighted by molar-refractivity contribution is 0.405. The van der Waals surface area contributed by atoms with Gasteiger partial charge in [0.25, 0.3) is 0 Å². The van der Waals surface area contributed by atoms with Crippen molar-refractivity contribution in [2.75, 3.05) is 12.8 Å². The summed E-state index contributed by atoms with van der Waals surface area (Å²) in [4.78, 5) is 0. The second-order valence-corrected chi connectivity index (χ2v) is 3.27. The van der Waals surface area contributed by atoms with Crippen molar-refractivity contribution in [1.29, 1.82) is 0 Å². The first-order chi connectivity index (χ1) is 5.57. The molecule has 0 amide bonds. The van der Waals surface area contributed by atoms with Crippen molar-refractivity contribution in [3.05, 3.63) is 21.9 Å². The van der Waals surface area contributed by atoms with E-state index in [9.17, 15) is 4.39 Å². The molecule has 0 fully saturated rings. The Labute approximate surface area is 78.6 Å². The molecule has 0 radical (unpaired) electrons. The van der Waals surface area contributed by atoms with Crippen LogP contribution >= 0.6 is 15.9 Å². The van der Waals surface area contributed by atoms with Crippen molar-refractivity contribution in [2.45, 2.75) is 6.92 Å². The van der Waals surface area contributed by atoms with Crippen molar-refractivity contribution >= 4 is 21.6 Å². The van der Waals surface area contributed by atoms with Gasteiger partial charge in [-0.3, -0.25) is 0 Å². The quantitative estimate of drug-likeness (QED) is 0.757. The van der Waals surface area contributed by atoms with Crippen molar-refractivity contribution < 1.29 is 9.13 Å². The number of halogens is 2. The van der Waals surface area contributed by atoms with Crippen molar-refractivity contribution in [2.24, 2.45) is 0 Å². The fourth-order valence-electron chi connectivity index (χ4n) is 1.01. The minimum Gasteiger partial charge on any atom is -0.495 e. The number of hydrogen-bond acceptors (Lipinski definition) is 2. The van der Waals surface area contributed by atoms with Gasteiger partial charge in [0.2, 0.25) is 0 Å². The average Bonchev–Trinajstić information content (AvgIpc) is 2.01. The zero-order chi connectivity index (χ0) is 9.30. The van der Waals surface area contributed by atoms with Crippen LogP contribution in [0, 0.1) is 12.7 Å². The molecule has 0 saturated heterocycles. The number of hydrogen-bond donors (Lipinski definition) is 1. The number of rotatable bonds is 1. The monoisotopic (exact) mass is 233 g/mol. The molecule has 1 aromatic rings. The van der Waals surface area contributed by atoms with Crippen molar-refractivity contribution in [3.63, 3.8) is 0 Å². The van der Waals surface area contributed by atoms with Gasteiger partial charge in [-0.25, -0.2) is 4.39 Å². The molecular formula is C8H9BrFNO. The highest BCUT2D eigenvalue weighted by atomic mass is 79.9. The maximum absolute atomic E-state index is 13.1. The highest BCUT2D eigenvalue weighted by Gasteiger charge is 2.11. The van der Waals surface area contributed by atoms with E-state index < -0.39 is 5.82 Å². The van der Waals surface area contributed by atoms with Gasteiger partial charge in [-0.2, -0.15) is 0 Å².